The standard InChI is InChI=1S/C8H13N3/c1-4-5-6(2)8-7(3)9-11-10-8/h4-5,9-11H,1H2,2-3H3/b6-5+. The molecule has 11 heavy (non-hydrogen) atoms. The first-order valence-electron chi connectivity index (χ1n) is 3.53. The molecule has 1 heterocycles. The normalized spacial score (nSPS) is 17.8. The van der Waals surface area contributed by atoms with Gasteiger partial charge in [0.2, 0.25) is 0 Å². The van der Waals surface area contributed by atoms with Crippen LogP contribution in [0.4, 0.5) is 0 Å². The lowest BCUT2D eigenvalue weighted by molar-refractivity contribution is 0.591. The molecule has 0 radical (unpaired) electrons. The Morgan fingerprint density at radius 1 is 1.45 bits per heavy atom. The molecule has 60 valence electrons. The molecule has 0 saturated heterocycles. The highest BCUT2D eigenvalue weighted by atomic mass is 15.6. The predicted octanol–water partition coefficient (Wildman–Crippen LogP) is 0.963. The topological polar surface area (TPSA) is 36.1 Å². The van der Waals surface area contributed by atoms with Gasteiger partial charge in [-0.05, 0) is 19.4 Å². The Kier molecular flexibility index (Phi) is 2.33. The van der Waals surface area contributed by atoms with Crippen molar-refractivity contribution in [2.24, 2.45) is 0 Å². The number of allylic oxidation sites excluding steroid dienone is 4. The van der Waals surface area contributed by atoms with Crippen LogP contribution < -0.4 is 16.4 Å². The van der Waals surface area contributed by atoms with Crippen LogP contribution in [0.1, 0.15) is 13.8 Å². The van der Waals surface area contributed by atoms with E-state index in [1.807, 2.05) is 19.9 Å². The molecule has 0 bridgehead atoms. The number of nitrogens with one attached hydrogen (secondary N) is 3. The third kappa shape index (κ3) is 1.62. The van der Waals surface area contributed by atoms with Gasteiger partial charge in [-0.2, -0.15) is 5.53 Å². The zero-order valence-electron chi connectivity index (χ0n) is 6.86. The van der Waals surface area contributed by atoms with Gasteiger partial charge in [0.1, 0.15) is 0 Å². The highest BCUT2D eigenvalue weighted by Gasteiger charge is 2.08. The fourth-order valence-corrected chi connectivity index (χ4v) is 0.998. The van der Waals surface area contributed by atoms with E-state index in [1.165, 1.54) is 0 Å². The second-order valence-electron chi connectivity index (χ2n) is 2.46. The molecule has 0 aromatic heterocycles. The van der Waals surface area contributed by atoms with Crippen molar-refractivity contribution in [2.45, 2.75) is 13.8 Å². The maximum Gasteiger partial charge on any atom is 0.0735 e. The number of rotatable bonds is 2. The van der Waals surface area contributed by atoms with E-state index in [4.69, 9.17) is 0 Å². The molecular formula is C8H13N3. The van der Waals surface area contributed by atoms with Crippen LogP contribution in [0, 0.1) is 0 Å². The largest absolute Gasteiger partial charge is 0.306 e. The van der Waals surface area contributed by atoms with Gasteiger partial charge in [-0.3, -0.25) is 0 Å². The van der Waals surface area contributed by atoms with Crippen LogP contribution in [-0.2, 0) is 0 Å². The summed E-state index contributed by atoms with van der Waals surface area (Å²) in [6, 6.07) is 0. The fraction of sp³-hybridized carbons (Fsp3) is 0.250. The molecular weight excluding hydrogens is 138 g/mol. The number of hydrogen-bond acceptors (Lipinski definition) is 3. The summed E-state index contributed by atoms with van der Waals surface area (Å²) in [7, 11) is 0. The van der Waals surface area contributed by atoms with Crippen molar-refractivity contribution in [1.29, 1.82) is 0 Å². The summed E-state index contributed by atoms with van der Waals surface area (Å²) in [6.07, 6.45) is 3.73. The minimum absolute atomic E-state index is 1.09. The van der Waals surface area contributed by atoms with Crippen LogP contribution in [0.15, 0.2) is 35.7 Å². The van der Waals surface area contributed by atoms with Crippen LogP contribution in [0.3, 0.4) is 0 Å². The lowest BCUT2D eigenvalue weighted by Crippen LogP contribution is -2.32. The van der Waals surface area contributed by atoms with E-state index < -0.39 is 0 Å². The first-order chi connectivity index (χ1) is 5.25. The monoisotopic (exact) mass is 151 g/mol. The number of hydrazine groups is 2. The van der Waals surface area contributed by atoms with Crippen molar-refractivity contribution in [3.63, 3.8) is 0 Å². The zero-order valence-corrected chi connectivity index (χ0v) is 6.86. The second-order valence-corrected chi connectivity index (χ2v) is 2.46. The SMILES string of the molecule is C=C/C=C(\C)C1=C(C)NNN1. The molecule has 3 nitrogen and oxygen atoms in total. The van der Waals surface area contributed by atoms with Gasteiger partial charge in [0, 0.05) is 5.70 Å². The summed E-state index contributed by atoms with van der Waals surface area (Å²) in [5.74, 6) is 0. The average molecular weight is 151 g/mol. The van der Waals surface area contributed by atoms with E-state index in [2.05, 4.69) is 23.0 Å². The Balaban J connectivity index is 2.81. The summed E-state index contributed by atoms with van der Waals surface area (Å²) < 4.78 is 0. The molecule has 1 aliphatic rings. The van der Waals surface area contributed by atoms with Gasteiger partial charge in [-0.15, -0.1) is 0 Å². The Morgan fingerprint density at radius 3 is 2.64 bits per heavy atom. The molecule has 0 unspecified atom stereocenters. The summed E-state index contributed by atoms with van der Waals surface area (Å²) >= 11 is 0. The number of hydrogen-bond donors (Lipinski definition) is 3. The highest BCUT2D eigenvalue weighted by molar-refractivity contribution is 5.34. The molecule has 1 rings (SSSR count). The van der Waals surface area contributed by atoms with Gasteiger partial charge in [0.25, 0.3) is 0 Å². The van der Waals surface area contributed by atoms with E-state index in [0.29, 0.717) is 0 Å². The molecule has 0 spiro atoms. The molecule has 1 aliphatic heterocycles. The van der Waals surface area contributed by atoms with E-state index in [1.54, 1.807) is 6.08 Å². The summed E-state index contributed by atoms with van der Waals surface area (Å²) in [6.45, 7) is 7.66. The zero-order chi connectivity index (χ0) is 8.27. The molecule has 0 atom stereocenters. The Hall–Kier alpha value is -1.22. The van der Waals surface area contributed by atoms with E-state index in [9.17, 15) is 0 Å². The maximum absolute atomic E-state index is 3.63. The first kappa shape index (κ1) is 7.88. The van der Waals surface area contributed by atoms with Crippen LogP contribution >= 0.6 is 0 Å². The van der Waals surface area contributed by atoms with Gasteiger partial charge < -0.3 is 10.9 Å². The third-order valence-electron chi connectivity index (χ3n) is 1.57. The molecule has 0 aromatic carbocycles. The molecule has 0 aromatic rings. The predicted molar refractivity (Wildman–Crippen MR) is 46.1 cm³/mol. The molecule has 0 saturated carbocycles. The van der Waals surface area contributed by atoms with Crippen LogP contribution in [0.2, 0.25) is 0 Å². The van der Waals surface area contributed by atoms with Crippen LogP contribution in [0.25, 0.3) is 0 Å². The van der Waals surface area contributed by atoms with Crippen molar-refractivity contribution < 1.29 is 0 Å². The third-order valence-corrected chi connectivity index (χ3v) is 1.57. The smallest absolute Gasteiger partial charge is 0.0735 e. The van der Waals surface area contributed by atoms with Crippen molar-refractivity contribution in [3.8, 4) is 0 Å². The lowest BCUT2D eigenvalue weighted by Gasteiger charge is -2.01. The van der Waals surface area contributed by atoms with Gasteiger partial charge in [-0.25, -0.2) is 0 Å². The molecule has 0 aliphatic carbocycles. The lowest BCUT2D eigenvalue weighted by atomic mass is 10.2. The quantitative estimate of drug-likeness (QED) is 0.514. The first-order valence-corrected chi connectivity index (χ1v) is 3.53. The van der Waals surface area contributed by atoms with Gasteiger partial charge in [0.15, 0.2) is 0 Å². The summed E-state index contributed by atoms with van der Waals surface area (Å²) in [4.78, 5) is 0. The van der Waals surface area contributed by atoms with E-state index in [0.717, 1.165) is 17.0 Å². The maximum atomic E-state index is 3.63. The summed E-state index contributed by atoms with van der Waals surface area (Å²) in [5.41, 5.74) is 12.1. The van der Waals surface area contributed by atoms with Crippen molar-refractivity contribution in [3.05, 3.63) is 35.7 Å². The molecule has 0 amide bonds. The Bertz CT molecular complexity index is 225. The molecule has 3 heteroatoms. The van der Waals surface area contributed by atoms with Crippen molar-refractivity contribution >= 4 is 0 Å². The minimum Gasteiger partial charge on any atom is -0.306 e. The second kappa shape index (κ2) is 3.25. The highest BCUT2D eigenvalue weighted by Crippen LogP contribution is 2.10. The van der Waals surface area contributed by atoms with Gasteiger partial charge in [0.05, 0.1) is 5.70 Å². The fourth-order valence-electron chi connectivity index (χ4n) is 0.998. The Morgan fingerprint density at radius 2 is 2.18 bits per heavy atom. The van der Waals surface area contributed by atoms with Gasteiger partial charge >= 0.3 is 0 Å². The van der Waals surface area contributed by atoms with Crippen LogP contribution in [0.5, 0.6) is 0 Å². The van der Waals surface area contributed by atoms with E-state index in [-0.39, 0.29) is 0 Å². The van der Waals surface area contributed by atoms with E-state index >= 15 is 0 Å². The van der Waals surface area contributed by atoms with Crippen LogP contribution in [-0.4, -0.2) is 0 Å². The Labute approximate surface area is 66.8 Å². The van der Waals surface area contributed by atoms with Crippen molar-refractivity contribution in [2.75, 3.05) is 0 Å². The minimum atomic E-state index is 1.09. The van der Waals surface area contributed by atoms with Gasteiger partial charge in [-0.1, -0.05) is 18.7 Å². The average Bonchev–Trinajstić information content (AvgIpc) is 2.36. The molecule has 0 fully saturated rings. The molecule has 3 N–H and O–H groups in total. The summed E-state index contributed by atoms with van der Waals surface area (Å²) in [5, 5.41) is 0. The van der Waals surface area contributed by atoms with Crippen molar-refractivity contribution in [1.82, 2.24) is 16.4 Å².